The molecule has 2 heterocycles. The average Bonchev–Trinajstić information content (AvgIpc) is 2.47. The molecule has 4 heteroatoms. The van der Waals surface area contributed by atoms with E-state index in [2.05, 4.69) is 34.1 Å². The number of hydrogen-bond donors (Lipinski definition) is 0. The molecule has 0 aliphatic carbocycles. The largest absolute Gasteiger partial charge is 0.378 e. The first-order valence-corrected chi connectivity index (χ1v) is 7.54. The highest BCUT2D eigenvalue weighted by Crippen LogP contribution is 2.21. The van der Waals surface area contributed by atoms with Gasteiger partial charge in [-0.2, -0.15) is 0 Å². The third kappa shape index (κ3) is 2.80. The van der Waals surface area contributed by atoms with Gasteiger partial charge in [0, 0.05) is 36.1 Å². The topological polar surface area (TPSA) is 25.4 Å². The van der Waals surface area contributed by atoms with Crippen LogP contribution in [0.4, 0.5) is 0 Å². The van der Waals surface area contributed by atoms with E-state index >= 15 is 0 Å². The number of ether oxygens (including phenoxy) is 1. The summed E-state index contributed by atoms with van der Waals surface area (Å²) in [4.78, 5) is 7.01. The monoisotopic (exact) mass is 290 g/mol. The van der Waals surface area contributed by atoms with E-state index in [4.69, 9.17) is 16.3 Å². The summed E-state index contributed by atoms with van der Waals surface area (Å²) in [6.45, 7) is 5.41. The van der Waals surface area contributed by atoms with Crippen LogP contribution in [-0.4, -0.2) is 41.6 Å². The van der Waals surface area contributed by atoms with Crippen LogP contribution < -0.4 is 0 Å². The maximum atomic E-state index is 6.06. The first kappa shape index (κ1) is 13.8. The van der Waals surface area contributed by atoms with Crippen LogP contribution in [-0.2, 0) is 11.3 Å². The zero-order chi connectivity index (χ0) is 13.9. The molecule has 20 heavy (non-hydrogen) atoms. The summed E-state index contributed by atoms with van der Waals surface area (Å²) in [5, 5.41) is 1.23. The van der Waals surface area contributed by atoms with E-state index in [1.807, 2.05) is 13.0 Å². The number of halogens is 1. The van der Waals surface area contributed by atoms with Crippen LogP contribution >= 0.6 is 11.6 Å². The summed E-state index contributed by atoms with van der Waals surface area (Å²) in [5.74, 6) is 0.613. The fourth-order valence-corrected chi connectivity index (χ4v) is 3.07. The van der Waals surface area contributed by atoms with Crippen LogP contribution in [0.5, 0.6) is 0 Å². The van der Waals surface area contributed by atoms with Gasteiger partial charge in [-0.1, -0.05) is 18.2 Å². The summed E-state index contributed by atoms with van der Waals surface area (Å²) < 4.78 is 5.51. The lowest BCUT2D eigenvalue weighted by atomic mass is 10.1. The number of hydrogen-bond acceptors (Lipinski definition) is 3. The number of fused-ring (bicyclic) bond motifs is 1. The predicted octanol–water partition coefficient (Wildman–Crippen LogP) is 2.98. The molecule has 1 aliphatic rings. The lowest BCUT2D eigenvalue weighted by Crippen LogP contribution is -2.45. The van der Waals surface area contributed by atoms with Crippen molar-refractivity contribution in [2.75, 3.05) is 25.6 Å². The molecule has 1 saturated heterocycles. The molecular weight excluding hydrogens is 272 g/mol. The lowest BCUT2D eigenvalue weighted by Gasteiger charge is -2.34. The molecule has 3 nitrogen and oxygen atoms in total. The van der Waals surface area contributed by atoms with E-state index in [1.165, 1.54) is 10.9 Å². The number of rotatable bonds is 3. The van der Waals surface area contributed by atoms with Gasteiger partial charge in [0.2, 0.25) is 0 Å². The van der Waals surface area contributed by atoms with Crippen LogP contribution in [0.1, 0.15) is 11.3 Å². The fourth-order valence-electron chi connectivity index (χ4n) is 2.78. The zero-order valence-electron chi connectivity index (χ0n) is 11.7. The minimum atomic E-state index is 0.303. The zero-order valence-corrected chi connectivity index (χ0v) is 12.4. The third-order valence-corrected chi connectivity index (χ3v) is 4.19. The van der Waals surface area contributed by atoms with Crippen LogP contribution in [0.15, 0.2) is 30.3 Å². The Labute approximate surface area is 124 Å². The molecule has 1 aromatic heterocycles. The summed E-state index contributed by atoms with van der Waals surface area (Å²) >= 11 is 6.06. The molecule has 1 aliphatic heterocycles. The number of alkyl halides is 1. The van der Waals surface area contributed by atoms with Gasteiger partial charge in [-0.05, 0) is 24.6 Å². The van der Waals surface area contributed by atoms with Crippen molar-refractivity contribution in [1.82, 2.24) is 9.88 Å². The summed E-state index contributed by atoms with van der Waals surface area (Å²) in [6.07, 6.45) is 0. The van der Waals surface area contributed by atoms with E-state index < -0.39 is 0 Å². The lowest BCUT2D eigenvalue weighted by molar-refractivity contribution is -0.00286. The molecule has 0 N–H and O–H groups in total. The molecular formula is C16H19ClN2O. The third-order valence-electron chi connectivity index (χ3n) is 3.83. The standard InChI is InChI=1S/C16H19ClN2O/c1-12-8-13(15-4-2-3-5-16(15)18-12)10-19-6-7-20-11-14(19)9-17/h2-5,8,14H,6-7,9-11H2,1H3. The molecule has 0 spiro atoms. The number of aromatic nitrogens is 1. The number of morpholine rings is 1. The summed E-state index contributed by atoms with van der Waals surface area (Å²) in [5.41, 5.74) is 3.46. The Balaban J connectivity index is 1.93. The van der Waals surface area contributed by atoms with Gasteiger partial charge in [-0.25, -0.2) is 0 Å². The van der Waals surface area contributed by atoms with Crippen molar-refractivity contribution < 1.29 is 4.74 Å². The number of benzene rings is 1. The first-order chi connectivity index (χ1) is 9.78. The highest BCUT2D eigenvalue weighted by atomic mass is 35.5. The average molecular weight is 291 g/mol. The van der Waals surface area contributed by atoms with E-state index in [0.717, 1.165) is 37.5 Å². The molecule has 0 saturated carbocycles. The van der Waals surface area contributed by atoms with Crippen molar-refractivity contribution in [2.24, 2.45) is 0 Å². The predicted molar refractivity (Wildman–Crippen MR) is 82.2 cm³/mol. The first-order valence-electron chi connectivity index (χ1n) is 7.01. The molecule has 3 rings (SSSR count). The van der Waals surface area contributed by atoms with Gasteiger partial charge in [0.05, 0.1) is 18.7 Å². The quantitative estimate of drug-likeness (QED) is 0.813. The summed E-state index contributed by atoms with van der Waals surface area (Å²) in [6, 6.07) is 10.8. The van der Waals surface area contributed by atoms with Crippen molar-refractivity contribution in [1.29, 1.82) is 0 Å². The van der Waals surface area contributed by atoms with Gasteiger partial charge in [-0.3, -0.25) is 9.88 Å². The minimum absolute atomic E-state index is 0.303. The van der Waals surface area contributed by atoms with Crippen LogP contribution in [0.3, 0.4) is 0 Å². The van der Waals surface area contributed by atoms with Crippen LogP contribution in [0.2, 0.25) is 0 Å². The van der Waals surface area contributed by atoms with Crippen molar-refractivity contribution >= 4 is 22.5 Å². The second-order valence-electron chi connectivity index (χ2n) is 5.29. The fraction of sp³-hybridized carbons (Fsp3) is 0.438. The van der Waals surface area contributed by atoms with Gasteiger partial charge in [0.15, 0.2) is 0 Å². The Bertz CT molecular complexity index is 602. The maximum Gasteiger partial charge on any atom is 0.0708 e. The van der Waals surface area contributed by atoms with Crippen molar-refractivity contribution in [2.45, 2.75) is 19.5 Å². The Morgan fingerprint density at radius 2 is 2.25 bits per heavy atom. The molecule has 106 valence electrons. The SMILES string of the molecule is Cc1cc(CN2CCOCC2CCl)c2ccccc2n1. The molecule has 2 aromatic rings. The van der Waals surface area contributed by atoms with Crippen molar-refractivity contribution in [3.63, 3.8) is 0 Å². The van der Waals surface area contributed by atoms with Gasteiger partial charge >= 0.3 is 0 Å². The van der Waals surface area contributed by atoms with E-state index in [-0.39, 0.29) is 0 Å². The minimum Gasteiger partial charge on any atom is -0.378 e. The van der Waals surface area contributed by atoms with Crippen LogP contribution in [0, 0.1) is 6.92 Å². The smallest absolute Gasteiger partial charge is 0.0708 e. The Morgan fingerprint density at radius 3 is 3.10 bits per heavy atom. The van der Waals surface area contributed by atoms with Gasteiger partial charge in [-0.15, -0.1) is 11.6 Å². The number of nitrogens with zero attached hydrogens (tertiary/aromatic N) is 2. The second-order valence-corrected chi connectivity index (χ2v) is 5.60. The number of pyridine rings is 1. The van der Waals surface area contributed by atoms with Gasteiger partial charge in [0.1, 0.15) is 0 Å². The Morgan fingerprint density at radius 1 is 1.40 bits per heavy atom. The molecule has 1 aromatic carbocycles. The maximum absolute atomic E-state index is 6.06. The highest BCUT2D eigenvalue weighted by molar-refractivity contribution is 6.18. The molecule has 1 fully saturated rings. The highest BCUT2D eigenvalue weighted by Gasteiger charge is 2.22. The normalized spacial score (nSPS) is 20.4. The van der Waals surface area contributed by atoms with E-state index in [9.17, 15) is 0 Å². The van der Waals surface area contributed by atoms with Crippen molar-refractivity contribution in [3.8, 4) is 0 Å². The van der Waals surface area contributed by atoms with Crippen molar-refractivity contribution in [3.05, 3.63) is 41.6 Å². The van der Waals surface area contributed by atoms with E-state index in [0.29, 0.717) is 11.9 Å². The Hall–Kier alpha value is -1.16. The molecule has 1 unspecified atom stereocenters. The van der Waals surface area contributed by atoms with Gasteiger partial charge in [0.25, 0.3) is 0 Å². The molecule has 1 atom stereocenters. The second kappa shape index (κ2) is 6.08. The number of para-hydroxylation sites is 1. The van der Waals surface area contributed by atoms with Gasteiger partial charge < -0.3 is 4.74 Å². The summed E-state index contributed by atoms with van der Waals surface area (Å²) in [7, 11) is 0. The molecule has 0 amide bonds. The number of aryl methyl sites for hydroxylation is 1. The Kier molecular flexibility index (Phi) is 4.20. The van der Waals surface area contributed by atoms with E-state index in [1.54, 1.807) is 0 Å². The molecule has 0 radical (unpaired) electrons. The van der Waals surface area contributed by atoms with Crippen LogP contribution in [0.25, 0.3) is 10.9 Å². The molecule has 0 bridgehead atoms.